The largest absolute Gasteiger partial charge is 0.369 e. The highest BCUT2D eigenvalue weighted by Gasteiger charge is 2.24. The third kappa shape index (κ3) is 2.95. The fourth-order valence-electron chi connectivity index (χ4n) is 2.98. The van der Waals surface area contributed by atoms with Gasteiger partial charge in [-0.25, -0.2) is 4.99 Å². The maximum Gasteiger partial charge on any atom is 0.256 e. The van der Waals surface area contributed by atoms with Crippen LogP contribution in [0.25, 0.3) is 22.6 Å². The van der Waals surface area contributed by atoms with E-state index in [2.05, 4.69) is 15.3 Å². The average molecular weight is 342 g/mol. The maximum atomic E-state index is 12.5. The van der Waals surface area contributed by atoms with Crippen LogP contribution < -0.4 is 5.32 Å². The van der Waals surface area contributed by atoms with Crippen LogP contribution in [0.5, 0.6) is 0 Å². The number of pyridine rings is 1. The summed E-state index contributed by atoms with van der Waals surface area (Å²) in [6, 6.07) is 15.6. The molecule has 1 aromatic heterocycles. The molecule has 4 rings (SSSR count). The van der Waals surface area contributed by atoms with E-state index >= 15 is 0 Å². The van der Waals surface area contributed by atoms with Gasteiger partial charge in [-0.15, -0.1) is 0 Å². The second-order valence-electron chi connectivity index (χ2n) is 6.37. The highest BCUT2D eigenvalue weighted by Crippen LogP contribution is 2.36. The summed E-state index contributed by atoms with van der Waals surface area (Å²) in [5, 5.41) is 3.94. The van der Waals surface area contributed by atoms with Crippen molar-refractivity contribution in [3.8, 4) is 0 Å². The molecule has 3 aromatic rings. The van der Waals surface area contributed by atoms with E-state index in [9.17, 15) is 4.79 Å². The summed E-state index contributed by atoms with van der Waals surface area (Å²) >= 11 is 0. The molecule has 0 atom stereocenters. The average Bonchev–Trinajstić information content (AvgIpc) is 2.95. The van der Waals surface area contributed by atoms with E-state index in [0.29, 0.717) is 5.57 Å². The Balaban J connectivity index is 1.82. The molecule has 26 heavy (non-hydrogen) atoms. The zero-order valence-electron chi connectivity index (χ0n) is 14.6. The molecule has 1 amide bonds. The number of carbonyl (C=O) groups excluding carboxylic acids is 1. The molecule has 0 saturated carbocycles. The van der Waals surface area contributed by atoms with Crippen LogP contribution in [0, 0.1) is 0 Å². The Morgan fingerprint density at radius 3 is 2.81 bits per heavy atom. The van der Waals surface area contributed by atoms with Crippen LogP contribution in [-0.4, -0.2) is 36.2 Å². The van der Waals surface area contributed by atoms with E-state index in [4.69, 9.17) is 0 Å². The lowest BCUT2D eigenvalue weighted by molar-refractivity contribution is -0.110. The molecule has 2 heterocycles. The van der Waals surface area contributed by atoms with Crippen LogP contribution in [0.1, 0.15) is 11.1 Å². The lowest BCUT2D eigenvalue weighted by Crippen LogP contribution is -2.06. The lowest BCUT2D eigenvalue weighted by atomic mass is 10.0. The molecule has 1 aliphatic heterocycles. The van der Waals surface area contributed by atoms with E-state index in [1.165, 1.54) is 0 Å². The third-order valence-corrected chi connectivity index (χ3v) is 4.21. The topological polar surface area (TPSA) is 57.6 Å². The number of anilines is 1. The van der Waals surface area contributed by atoms with Gasteiger partial charge in [0, 0.05) is 42.5 Å². The van der Waals surface area contributed by atoms with Gasteiger partial charge in [0.05, 0.1) is 17.5 Å². The van der Waals surface area contributed by atoms with E-state index in [1.807, 2.05) is 73.6 Å². The predicted molar refractivity (Wildman–Crippen MR) is 107 cm³/mol. The van der Waals surface area contributed by atoms with Gasteiger partial charge in [0.1, 0.15) is 0 Å². The zero-order valence-corrected chi connectivity index (χ0v) is 14.6. The first kappa shape index (κ1) is 16.0. The van der Waals surface area contributed by atoms with Crippen molar-refractivity contribution in [2.75, 3.05) is 19.4 Å². The number of hydrogen-bond acceptors (Lipinski definition) is 3. The molecular weight excluding hydrogens is 324 g/mol. The molecule has 128 valence electrons. The van der Waals surface area contributed by atoms with Gasteiger partial charge in [0.15, 0.2) is 0 Å². The van der Waals surface area contributed by atoms with E-state index < -0.39 is 0 Å². The monoisotopic (exact) mass is 342 g/mol. The minimum Gasteiger partial charge on any atom is -0.369 e. The second kappa shape index (κ2) is 6.44. The number of nitrogens with one attached hydrogen (secondary N) is 1. The minimum atomic E-state index is -0.102. The van der Waals surface area contributed by atoms with Crippen molar-refractivity contribution in [1.82, 2.24) is 9.88 Å². The summed E-state index contributed by atoms with van der Waals surface area (Å²) in [5.74, 6) is -0.102. The summed E-state index contributed by atoms with van der Waals surface area (Å²) in [4.78, 5) is 23.2. The van der Waals surface area contributed by atoms with Gasteiger partial charge in [-0.05, 0) is 42.0 Å². The molecule has 0 fully saturated rings. The van der Waals surface area contributed by atoms with Crippen molar-refractivity contribution < 1.29 is 4.79 Å². The first-order chi connectivity index (χ1) is 12.6. The van der Waals surface area contributed by atoms with Crippen LogP contribution in [0.3, 0.4) is 0 Å². The first-order valence-corrected chi connectivity index (χ1v) is 8.34. The van der Waals surface area contributed by atoms with Crippen LogP contribution in [0.4, 0.5) is 11.4 Å². The molecule has 0 unspecified atom stereocenters. The molecule has 2 aromatic carbocycles. The lowest BCUT2D eigenvalue weighted by Gasteiger charge is -2.05. The Morgan fingerprint density at radius 1 is 1.12 bits per heavy atom. The predicted octanol–water partition coefficient (Wildman–Crippen LogP) is 3.95. The SMILES string of the molecule is CN(C)C=Nc1ccc2c(c1)C(=Cc1ccnc3ccccc13)C(=O)N2. The van der Waals surface area contributed by atoms with Crippen LogP contribution in [0.2, 0.25) is 0 Å². The number of aromatic nitrogens is 1. The molecule has 1 N–H and O–H groups in total. The van der Waals surface area contributed by atoms with Crippen molar-refractivity contribution >= 4 is 46.2 Å². The van der Waals surface area contributed by atoms with Gasteiger partial charge in [-0.1, -0.05) is 18.2 Å². The minimum absolute atomic E-state index is 0.102. The number of nitrogens with zero attached hydrogens (tertiary/aromatic N) is 3. The molecule has 0 spiro atoms. The fourth-order valence-corrected chi connectivity index (χ4v) is 2.98. The Kier molecular flexibility index (Phi) is 3.97. The van der Waals surface area contributed by atoms with E-state index in [-0.39, 0.29) is 5.91 Å². The van der Waals surface area contributed by atoms with Gasteiger partial charge < -0.3 is 10.2 Å². The van der Waals surface area contributed by atoms with E-state index in [0.717, 1.165) is 33.4 Å². The number of benzene rings is 2. The van der Waals surface area contributed by atoms with Crippen LogP contribution in [-0.2, 0) is 4.79 Å². The number of para-hydroxylation sites is 1. The Morgan fingerprint density at radius 2 is 1.96 bits per heavy atom. The molecule has 1 aliphatic rings. The fraction of sp³-hybridized carbons (Fsp3) is 0.0952. The Bertz CT molecular complexity index is 1060. The van der Waals surface area contributed by atoms with Gasteiger partial charge in [-0.2, -0.15) is 0 Å². The number of hydrogen-bond donors (Lipinski definition) is 1. The van der Waals surface area contributed by atoms with E-state index in [1.54, 1.807) is 12.5 Å². The highest BCUT2D eigenvalue weighted by molar-refractivity contribution is 6.35. The van der Waals surface area contributed by atoms with Gasteiger partial charge >= 0.3 is 0 Å². The molecule has 5 nitrogen and oxygen atoms in total. The van der Waals surface area contributed by atoms with Crippen molar-refractivity contribution in [1.29, 1.82) is 0 Å². The maximum absolute atomic E-state index is 12.5. The van der Waals surface area contributed by atoms with Gasteiger partial charge in [-0.3, -0.25) is 9.78 Å². The van der Waals surface area contributed by atoms with Gasteiger partial charge in [0.25, 0.3) is 5.91 Å². The zero-order chi connectivity index (χ0) is 18.1. The second-order valence-corrected chi connectivity index (χ2v) is 6.37. The normalized spacial score (nSPS) is 14.8. The number of rotatable bonds is 3. The molecular formula is C21H18N4O. The standard InChI is InChI=1S/C21H18N4O/c1-25(2)13-23-15-7-8-20-17(12-15)18(21(26)24-20)11-14-9-10-22-19-6-4-3-5-16(14)19/h3-13H,1-2H3,(H,24,26). The smallest absolute Gasteiger partial charge is 0.256 e. The number of aliphatic imine (C=N–C) groups is 1. The van der Waals surface area contributed by atoms with Crippen LogP contribution in [0.15, 0.2) is 59.7 Å². The summed E-state index contributed by atoms with van der Waals surface area (Å²) in [6.45, 7) is 0. The van der Waals surface area contributed by atoms with Crippen molar-refractivity contribution in [3.05, 3.63) is 65.9 Å². The Labute approximate surface area is 151 Å². The molecule has 0 aliphatic carbocycles. The summed E-state index contributed by atoms with van der Waals surface area (Å²) in [5.41, 5.74) is 4.99. The first-order valence-electron chi connectivity index (χ1n) is 8.34. The quantitative estimate of drug-likeness (QED) is 0.445. The Hall–Kier alpha value is -3.47. The molecule has 5 heteroatoms. The summed E-state index contributed by atoms with van der Waals surface area (Å²) < 4.78 is 0. The molecule has 0 radical (unpaired) electrons. The number of amides is 1. The number of fused-ring (bicyclic) bond motifs is 2. The van der Waals surface area contributed by atoms with Crippen molar-refractivity contribution in [2.45, 2.75) is 0 Å². The molecule has 0 saturated heterocycles. The summed E-state index contributed by atoms with van der Waals surface area (Å²) in [7, 11) is 3.84. The number of carbonyl (C=O) groups is 1. The third-order valence-electron chi connectivity index (χ3n) is 4.21. The van der Waals surface area contributed by atoms with Crippen molar-refractivity contribution in [2.24, 2.45) is 4.99 Å². The van der Waals surface area contributed by atoms with Crippen LogP contribution >= 0.6 is 0 Å². The summed E-state index contributed by atoms with van der Waals surface area (Å²) in [6.07, 6.45) is 5.43. The molecule has 0 bridgehead atoms. The van der Waals surface area contributed by atoms with Crippen molar-refractivity contribution in [3.63, 3.8) is 0 Å². The highest BCUT2D eigenvalue weighted by atomic mass is 16.2. The van der Waals surface area contributed by atoms with Gasteiger partial charge in [0.2, 0.25) is 0 Å².